The van der Waals surface area contributed by atoms with Crippen molar-refractivity contribution in [2.75, 3.05) is 31.9 Å². The average Bonchev–Trinajstić information content (AvgIpc) is 3.39. The van der Waals surface area contributed by atoms with E-state index >= 15 is 0 Å². The summed E-state index contributed by atoms with van der Waals surface area (Å²) in [6, 6.07) is 5.62. The minimum atomic E-state index is -3.18. The lowest BCUT2D eigenvalue weighted by molar-refractivity contribution is 0.0476. The van der Waals surface area contributed by atoms with Gasteiger partial charge < -0.3 is 14.2 Å². The van der Waals surface area contributed by atoms with Gasteiger partial charge in [0.05, 0.1) is 35.3 Å². The van der Waals surface area contributed by atoms with Crippen molar-refractivity contribution in [2.45, 2.75) is 90.6 Å². The molecule has 46 heavy (non-hydrogen) atoms. The van der Waals surface area contributed by atoms with Crippen LogP contribution in [-0.4, -0.2) is 84.0 Å². The van der Waals surface area contributed by atoms with Gasteiger partial charge in [0, 0.05) is 42.0 Å². The van der Waals surface area contributed by atoms with Gasteiger partial charge in [-0.25, -0.2) is 26.3 Å². The summed E-state index contributed by atoms with van der Waals surface area (Å²) in [7, 11) is -3.18. The number of carbonyl (C=O) groups is 1. The third-order valence-electron chi connectivity index (χ3n) is 9.63. The van der Waals surface area contributed by atoms with Crippen molar-refractivity contribution < 1.29 is 26.4 Å². The number of likely N-dealkylation sites (tertiary alicyclic amines) is 1. The first kappa shape index (κ1) is 34.4. The van der Waals surface area contributed by atoms with Crippen molar-refractivity contribution in [2.24, 2.45) is 5.92 Å². The fourth-order valence-corrected chi connectivity index (χ4v) is 8.00. The number of hydrogen-bond acceptors (Lipinski definition) is 5. The molecule has 1 amide bonds. The second-order valence-corrected chi connectivity index (χ2v) is 15.3. The molecule has 8 nitrogen and oxygen atoms in total. The Morgan fingerprint density at radius 3 is 2.39 bits per heavy atom. The molecule has 1 saturated carbocycles. The van der Waals surface area contributed by atoms with Gasteiger partial charge >= 0.3 is 0 Å². The zero-order chi connectivity index (χ0) is 33.2. The number of rotatable bonds is 11. The Kier molecular flexibility index (Phi) is 10.8. The molecule has 0 bridgehead atoms. The van der Waals surface area contributed by atoms with Crippen LogP contribution in [0.5, 0.6) is 0 Å². The van der Waals surface area contributed by atoms with E-state index in [1.807, 2.05) is 13.1 Å². The van der Waals surface area contributed by atoms with E-state index in [1.54, 1.807) is 33.0 Å². The van der Waals surface area contributed by atoms with Crippen LogP contribution in [0.25, 0.3) is 16.6 Å². The zero-order valence-corrected chi connectivity index (χ0v) is 28.0. The number of aryl methyl sites for hydroxylation is 1. The van der Waals surface area contributed by atoms with E-state index in [4.69, 9.17) is 0 Å². The summed E-state index contributed by atoms with van der Waals surface area (Å²) < 4.78 is 70.3. The fourth-order valence-electron chi connectivity index (χ4n) is 7.09. The lowest BCUT2D eigenvalue weighted by Gasteiger charge is -2.36. The molecular weight excluding hydrogens is 615 g/mol. The minimum Gasteiger partial charge on any atom is -0.330 e. The van der Waals surface area contributed by atoms with Crippen LogP contribution in [0.3, 0.4) is 0 Å². The van der Waals surface area contributed by atoms with Crippen molar-refractivity contribution in [1.82, 2.24) is 23.9 Å². The van der Waals surface area contributed by atoms with E-state index in [-0.39, 0.29) is 23.3 Å². The Labute approximate surface area is 270 Å². The molecule has 5 rings (SSSR count). The Morgan fingerprint density at radius 1 is 1.07 bits per heavy atom. The van der Waals surface area contributed by atoms with Crippen LogP contribution in [-0.2, 0) is 10.0 Å². The summed E-state index contributed by atoms with van der Waals surface area (Å²) in [4.78, 5) is 21.8. The maximum Gasteiger partial charge on any atom is 0.255 e. The number of fused-ring (bicyclic) bond motifs is 1. The molecular formula is C34H46F3N5O3S. The van der Waals surface area contributed by atoms with Gasteiger partial charge in [-0.05, 0) is 109 Å². The monoisotopic (exact) mass is 661 g/mol. The molecule has 1 N–H and O–H groups in total. The van der Waals surface area contributed by atoms with Crippen LogP contribution in [0.2, 0.25) is 0 Å². The first-order valence-electron chi connectivity index (χ1n) is 16.4. The lowest BCUT2D eigenvalue weighted by Crippen LogP contribution is -2.41. The molecule has 12 heteroatoms. The van der Waals surface area contributed by atoms with E-state index in [0.29, 0.717) is 11.5 Å². The predicted octanol–water partition coefficient (Wildman–Crippen LogP) is 6.24. The first-order valence-corrected chi connectivity index (χ1v) is 18.1. The first-order chi connectivity index (χ1) is 21.8. The highest BCUT2D eigenvalue weighted by Crippen LogP contribution is 2.38. The summed E-state index contributed by atoms with van der Waals surface area (Å²) in [5.74, 6) is -0.315. The summed E-state index contributed by atoms with van der Waals surface area (Å²) in [5.41, 5.74) is 3.99. The molecule has 0 atom stereocenters. The van der Waals surface area contributed by atoms with Gasteiger partial charge in [-0.1, -0.05) is 6.07 Å². The SMILES string of the molecule is CCS(=O)(=O)NC1CCC(CN2CCC(c3cc(-c4ccc(F)cc4C(=O)N(CC(F)F)C(C)C)c4cnc(C)cn34)CC2)CC1. The highest BCUT2D eigenvalue weighted by Gasteiger charge is 2.30. The highest BCUT2D eigenvalue weighted by molar-refractivity contribution is 7.89. The number of alkyl halides is 2. The van der Waals surface area contributed by atoms with Gasteiger partial charge in [0.15, 0.2) is 0 Å². The number of benzene rings is 1. The molecule has 2 aromatic heterocycles. The molecule has 1 aliphatic heterocycles. The third kappa shape index (κ3) is 7.94. The third-order valence-corrected chi connectivity index (χ3v) is 11.1. The summed E-state index contributed by atoms with van der Waals surface area (Å²) >= 11 is 0. The molecule has 1 aliphatic carbocycles. The van der Waals surface area contributed by atoms with Crippen molar-refractivity contribution >= 4 is 21.4 Å². The van der Waals surface area contributed by atoms with Gasteiger partial charge in [-0.3, -0.25) is 9.78 Å². The Balaban J connectivity index is 1.34. The van der Waals surface area contributed by atoms with Gasteiger partial charge in [-0.15, -0.1) is 0 Å². The molecule has 3 aromatic rings. The van der Waals surface area contributed by atoms with Crippen molar-refractivity contribution in [1.29, 1.82) is 0 Å². The van der Waals surface area contributed by atoms with E-state index in [2.05, 4.69) is 25.1 Å². The van der Waals surface area contributed by atoms with Crippen molar-refractivity contribution in [3.63, 3.8) is 0 Å². The molecule has 0 radical (unpaired) electrons. The van der Waals surface area contributed by atoms with Gasteiger partial charge in [0.2, 0.25) is 10.0 Å². The van der Waals surface area contributed by atoms with Gasteiger partial charge in [0.1, 0.15) is 5.82 Å². The summed E-state index contributed by atoms with van der Waals surface area (Å²) in [6.07, 6.45) is 6.70. The fraction of sp³-hybridized carbons (Fsp3) is 0.588. The second kappa shape index (κ2) is 14.4. The standard InChI is InChI=1S/C34H46F3N5O3S/c1-5-46(44,45)39-27-9-6-24(7-10-27)20-40-14-12-25(13-15-40)31-17-29(32-18-38-23(4)19-42(31)32)28-11-8-26(35)16-30(28)34(43)41(22(2)3)21-33(36)37/h8,11,16-19,22,24-25,27,33,39H,5-7,9-10,12-15,20-21H2,1-4H3. The zero-order valence-electron chi connectivity index (χ0n) is 27.2. The number of piperidine rings is 1. The van der Waals surface area contributed by atoms with Gasteiger partial charge in [-0.2, -0.15) is 0 Å². The van der Waals surface area contributed by atoms with Crippen LogP contribution in [0.4, 0.5) is 13.2 Å². The molecule has 2 fully saturated rings. The maximum atomic E-state index is 14.5. The molecule has 2 aliphatic rings. The molecule has 1 saturated heterocycles. The minimum absolute atomic E-state index is 0.0383. The smallest absolute Gasteiger partial charge is 0.255 e. The summed E-state index contributed by atoms with van der Waals surface area (Å²) in [5, 5.41) is 0. The van der Waals surface area contributed by atoms with Crippen LogP contribution >= 0.6 is 0 Å². The molecule has 1 aromatic carbocycles. The van der Waals surface area contributed by atoms with E-state index < -0.39 is 40.8 Å². The summed E-state index contributed by atoms with van der Waals surface area (Å²) in [6.45, 7) is 9.09. The van der Waals surface area contributed by atoms with Gasteiger partial charge in [0.25, 0.3) is 12.3 Å². The Bertz CT molecular complexity index is 1630. The predicted molar refractivity (Wildman–Crippen MR) is 174 cm³/mol. The normalized spacial score (nSPS) is 20.2. The number of sulfonamides is 1. The largest absolute Gasteiger partial charge is 0.330 e. The number of halogens is 3. The Hall–Kier alpha value is -2.96. The highest BCUT2D eigenvalue weighted by atomic mass is 32.2. The number of carbonyl (C=O) groups excluding carboxylic acids is 1. The maximum absolute atomic E-state index is 14.5. The molecule has 3 heterocycles. The van der Waals surface area contributed by atoms with E-state index in [1.165, 1.54) is 6.07 Å². The van der Waals surface area contributed by atoms with E-state index in [0.717, 1.165) is 91.6 Å². The number of hydrogen-bond donors (Lipinski definition) is 1. The lowest BCUT2D eigenvalue weighted by atomic mass is 9.85. The average molecular weight is 662 g/mol. The van der Waals surface area contributed by atoms with E-state index in [9.17, 15) is 26.4 Å². The van der Waals surface area contributed by atoms with Crippen molar-refractivity contribution in [3.05, 3.63) is 59.4 Å². The molecule has 0 spiro atoms. The van der Waals surface area contributed by atoms with Crippen LogP contribution in [0.1, 0.15) is 87.0 Å². The Morgan fingerprint density at radius 2 is 1.76 bits per heavy atom. The number of aromatic nitrogens is 2. The van der Waals surface area contributed by atoms with Crippen LogP contribution in [0, 0.1) is 18.7 Å². The van der Waals surface area contributed by atoms with Crippen LogP contribution in [0.15, 0.2) is 36.7 Å². The van der Waals surface area contributed by atoms with Crippen LogP contribution < -0.4 is 4.72 Å². The number of nitrogens with one attached hydrogen (secondary N) is 1. The second-order valence-electron chi connectivity index (χ2n) is 13.2. The molecule has 252 valence electrons. The van der Waals surface area contributed by atoms with Crippen molar-refractivity contribution in [3.8, 4) is 11.1 Å². The molecule has 0 unspecified atom stereocenters. The number of amides is 1. The quantitative estimate of drug-likeness (QED) is 0.263. The number of nitrogens with zero attached hydrogens (tertiary/aromatic N) is 4. The topological polar surface area (TPSA) is 87.0 Å².